The number of ether oxygens (including phenoxy) is 1. The molecule has 3 amide bonds. The van der Waals surface area contributed by atoms with Gasteiger partial charge >= 0.3 is 6.09 Å². The summed E-state index contributed by atoms with van der Waals surface area (Å²) >= 11 is 0. The Hall–Kier alpha value is -2.57. The molecule has 0 fully saturated rings. The molecule has 7 nitrogen and oxygen atoms in total. The molecule has 0 unspecified atom stereocenters. The molecule has 0 spiro atoms. The van der Waals surface area contributed by atoms with Crippen molar-refractivity contribution >= 4 is 17.9 Å². The zero-order valence-corrected chi connectivity index (χ0v) is 16.0. The van der Waals surface area contributed by atoms with Gasteiger partial charge in [0.25, 0.3) is 0 Å². The predicted octanol–water partition coefficient (Wildman–Crippen LogP) is 1.68. The van der Waals surface area contributed by atoms with Crippen LogP contribution in [0.3, 0.4) is 0 Å². The number of amides is 3. The van der Waals surface area contributed by atoms with Crippen LogP contribution < -0.4 is 16.0 Å². The van der Waals surface area contributed by atoms with Gasteiger partial charge in [0.05, 0.1) is 6.54 Å². The summed E-state index contributed by atoms with van der Waals surface area (Å²) in [7, 11) is 0. The fraction of sp³-hybridized carbons (Fsp3) is 0.526. The van der Waals surface area contributed by atoms with Gasteiger partial charge in [-0.3, -0.25) is 9.59 Å². The van der Waals surface area contributed by atoms with Gasteiger partial charge in [-0.1, -0.05) is 29.8 Å². The second kappa shape index (κ2) is 10.4. The van der Waals surface area contributed by atoms with Crippen molar-refractivity contribution in [3.05, 3.63) is 35.4 Å². The van der Waals surface area contributed by atoms with Gasteiger partial charge in [0.2, 0.25) is 11.8 Å². The predicted molar refractivity (Wildman–Crippen MR) is 99.8 cm³/mol. The molecule has 1 aromatic carbocycles. The molecule has 0 bridgehead atoms. The summed E-state index contributed by atoms with van der Waals surface area (Å²) in [5, 5.41) is 7.74. The molecule has 144 valence electrons. The van der Waals surface area contributed by atoms with Gasteiger partial charge in [0.15, 0.2) is 0 Å². The normalized spacial score (nSPS) is 10.8. The first-order valence-corrected chi connectivity index (χ1v) is 8.71. The highest BCUT2D eigenvalue weighted by atomic mass is 16.6. The van der Waals surface area contributed by atoms with Gasteiger partial charge in [-0.05, 0) is 39.7 Å². The van der Waals surface area contributed by atoms with Crippen LogP contribution in [0, 0.1) is 6.92 Å². The van der Waals surface area contributed by atoms with Crippen molar-refractivity contribution in [2.24, 2.45) is 0 Å². The van der Waals surface area contributed by atoms with Crippen molar-refractivity contribution < 1.29 is 19.1 Å². The molecule has 0 aliphatic heterocycles. The van der Waals surface area contributed by atoms with E-state index in [0.717, 1.165) is 5.56 Å². The summed E-state index contributed by atoms with van der Waals surface area (Å²) in [4.78, 5) is 34.8. The third-order valence-electron chi connectivity index (χ3n) is 3.28. The van der Waals surface area contributed by atoms with Crippen molar-refractivity contribution in [1.29, 1.82) is 0 Å². The molecule has 0 aliphatic rings. The number of carbonyl (C=O) groups is 3. The van der Waals surface area contributed by atoms with E-state index in [2.05, 4.69) is 22.0 Å². The lowest BCUT2D eigenvalue weighted by atomic mass is 10.1. The summed E-state index contributed by atoms with van der Waals surface area (Å²) in [6.07, 6.45) is 0.439. The number of benzene rings is 1. The highest BCUT2D eigenvalue weighted by molar-refractivity contribution is 5.82. The van der Waals surface area contributed by atoms with Gasteiger partial charge in [-0.15, -0.1) is 0 Å². The van der Waals surface area contributed by atoms with Crippen LogP contribution in [0.5, 0.6) is 0 Å². The third kappa shape index (κ3) is 10.3. The van der Waals surface area contributed by atoms with Crippen LogP contribution >= 0.6 is 0 Å². The molecule has 0 atom stereocenters. The fourth-order valence-corrected chi connectivity index (χ4v) is 2.15. The smallest absolute Gasteiger partial charge is 0.408 e. The second-order valence-electron chi connectivity index (χ2n) is 7.04. The second-order valence-corrected chi connectivity index (χ2v) is 7.04. The topological polar surface area (TPSA) is 96.5 Å². The Kier molecular flexibility index (Phi) is 8.61. The van der Waals surface area contributed by atoms with E-state index in [4.69, 9.17) is 4.74 Å². The van der Waals surface area contributed by atoms with Crippen molar-refractivity contribution in [1.82, 2.24) is 16.0 Å². The summed E-state index contributed by atoms with van der Waals surface area (Å²) in [6, 6.07) is 8.05. The number of hydrogen-bond donors (Lipinski definition) is 3. The maximum Gasteiger partial charge on any atom is 0.408 e. The maximum atomic E-state index is 11.8. The van der Waals surface area contributed by atoms with E-state index < -0.39 is 11.7 Å². The van der Waals surface area contributed by atoms with Gasteiger partial charge in [0.1, 0.15) is 5.60 Å². The van der Waals surface area contributed by atoms with Crippen molar-refractivity contribution in [3.8, 4) is 0 Å². The van der Waals surface area contributed by atoms with Gasteiger partial charge in [0, 0.05) is 19.5 Å². The average molecular weight is 363 g/mol. The monoisotopic (exact) mass is 363 g/mol. The Morgan fingerprint density at radius 3 is 2.27 bits per heavy atom. The number of alkyl carbamates (subject to hydrolysis) is 1. The molecular weight excluding hydrogens is 334 g/mol. The SMILES string of the molecule is Cc1cccc(CCC(=O)NCCNC(=O)CNC(=O)OC(C)(C)C)c1. The van der Waals surface area contributed by atoms with Gasteiger partial charge in [-0.2, -0.15) is 0 Å². The molecule has 26 heavy (non-hydrogen) atoms. The van der Waals surface area contributed by atoms with Crippen LogP contribution in [0.4, 0.5) is 4.79 Å². The summed E-state index contributed by atoms with van der Waals surface area (Å²) in [5.74, 6) is -0.405. The maximum absolute atomic E-state index is 11.8. The lowest BCUT2D eigenvalue weighted by molar-refractivity contribution is -0.122. The Morgan fingerprint density at radius 1 is 1.00 bits per heavy atom. The molecule has 0 radical (unpaired) electrons. The fourth-order valence-electron chi connectivity index (χ4n) is 2.15. The quantitative estimate of drug-likeness (QED) is 0.612. The first-order valence-electron chi connectivity index (χ1n) is 8.71. The lowest BCUT2D eigenvalue weighted by Gasteiger charge is -2.19. The number of carbonyl (C=O) groups excluding carboxylic acids is 3. The summed E-state index contributed by atoms with van der Waals surface area (Å²) < 4.78 is 5.03. The minimum absolute atomic E-state index is 0.0624. The largest absolute Gasteiger partial charge is 0.444 e. The molecule has 0 heterocycles. The minimum atomic E-state index is -0.642. The van der Waals surface area contributed by atoms with Crippen molar-refractivity contribution in [2.75, 3.05) is 19.6 Å². The zero-order valence-electron chi connectivity index (χ0n) is 16.0. The molecular formula is C19H29N3O4. The van der Waals surface area contributed by atoms with E-state index in [1.54, 1.807) is 20.8 Å². The Balaban J connectivity index is 2.11. The van der Waals surface area contributed by atoms with Crippen LogP contribution in [0.25, 0.3) is 0 Å². The Labute approximate surface area is 154 Å². The van der Waals surface area contributed by atoms with E-state index >= 15 is 0 Å². The lowest BCUT2D eigenvalue weighted by Crippen LogP contribution is -2.42. The first-order chi connectivity index (χ1) is 12.2. The standard InChI is InChI=1S/C19H29N3O4/c1-14-6-5-7-15(12-14)8-9-16(23)20-10-11-21-17(24)13-22-18(25)26-19(2,3)4/h5-7,12H,8-11,13H2,1-4H3,(H,20,23)(H,21,24)(H,22,25). The van der Waals surface area contributed by atoms with E-state index in [1.807, 2.05) is 25.1 Å². The third-order valence-corrected chi connectivity index (χ3v) is 3.28. The zero-order chi connectivity index (χ0) is 19.6. The van der Waals surface area contributed by atoms with Crippen LogP contribution in [0.15, 0.2) is 24.3 Å². The Bertz CT molecular complexity index is 623. The van der Waals surface area contributed by atoms with E-state index in [-0.39, 0.29) is 18.4 Å². The number of hydrogen-bond acceptors (Lipinski definition) is 4. The van der Waals surface area contributed by atoms with Crippen LogP contribution in [0.2, 0.25) is 0 Å². The summed E-state index contributed by atoms with van der Waals surface area (Å²) in [5.41, 5.74) is 1.69. The summed E-state index contributed by atoms with van der Waals surface area (Å²) in [6.45, 7) is 7.72. The first kappa shape index (κ1) is 21.5. The highest BCUT2D eigenvalue weighted by Crippen LogP contribution is 2.06. The molecule has 0 saturated heterocycles. The molecule has 3 N–H and O–H groups in total. The molecule has 0 aliphatic carbocycles. The van der Waals surface area contributed by atoms with E-state index in [1.165, 1.54) is 5.56 Å². The molecule has 0 saturated carbocycles. The Morgan fingerprint density at radius 2 is 1.65 bits per heavy atom. The van der Waals surface area contributed by atoms with Gasteiger partial charge in [-0.25, -0.2) is 4.79 Å². The van der Waals surface area contributed by atoms with Crippen LogP contribution in [0.1, 0.15) is 38.3 Å². The molecule has 1 aromatic rings. The minimum Gasteiger partial charge on any atom is -0.444 e. The number of nitrogens with one attached hydrogen (secondary N) is 3. The number of rotatable bonds is 8. The average Bonchev–Trinajstić information content (AvgIpc) is 2.53. The van der Waals surface area contributed by atoms with Crippen molar-refractivity contribution in [2.45, 2.75) is 46.1 Å². The number of aryl methyl sites for hydroxylation is 2. The van der Waals surface area contributed by atoms with Crippen molar-refractivity contribution in [3.63, 3.8) is 0 Å². The molecule has 1 rings (SSSR count). The van der Waals surface area contributed by atoms with E-state index in [0.29, 0.717) is 25.9 Å². The molecule has 0 aromatic heterocycles. The van der Waals surface area contributed by atoms with Crippen LogP contribution in [-0.4, -0.2) is 43.1 Å². The highest BCUT2D eigenvalue weighted by Gasteiger charge is 2.16. The van der Waals surface area contributed by atoms with Gasteiger partial charge < -0.3 is 20.7 Å². The van der Waals surface area contributed by atoms with Crippen LogP contribution in [-0.2, 0) is 20.7 Å². The van der Waals surface area contributed by atoms with E-state index in [9.17, 15) is 14.4 Å². The molecule has 7 heteroatoms.